The van der Waals surface area contributed by atoms with Crippen LogP contribution in [-0.2, 0) is 20.7 Å². The van der Waals surface area contributed by atoms with E-state index in [1.165, 1.54) is 16.0 Å². The average Bonchev–Trinajstić information content (AvgIpc) is 3.18. The number of hydrogen-bond donors (Lipinski definition) is 0. The van der Waals surface area contributed by atoms with Gasteiger partial charge in [-0.25, -0.2) is 0 Å². The molecule has 5 nitrogen and oxygen atoms in total. The summed E-state index contributed by atoms with van der Waals surface area (Å²) in [6, 6.07) is 10.4. The molecule has 2 aromatic rings. The minimum absolute atomic E-state index is 0.0221. The van der Waals surface area contributed by atoms with Crippen LogP contribution in [0.1, 0.15) is 48.4 Å². The SMILES string of the molecule is COCCN(CC(=O)N1CCc2sccc2[C@@H]1c1ccc(C)cc1)C(=O)C(C)(C)C. The average molecular weight is 429 g/mol. The van der Waals surface area contributed by atoms with Crippen molar-refractivity contribution in [1.82, 2.24) is 9.80 Å². The molecule has 3 rings (SSSR count). The molecule has 0 aliphatic carbocycles. The van der Waals surface area contributed by atoms with E-state index in [0.717, 1.165) is 12.0 Å². The molecule has 0 unspecified atom stereocenters. The molecule has 1 aliphatic heterocycles. The van der Waals surface area contributed by atoms with Gasteiger partial charge in [0.15, 0.2) is 0 Å². The Bertz CT molecular complexity index is 883. The van der Waals surface area contributed by atoms with Crippen LogP contribution in [0.25, 0.3) is 0 Å². The summed E-state index contributed by atoms with van der Waals surface area (Å²) in [5.74, 6) is -0.0563. The molecule has 0 spiro atoms. The number of carbonyl (C=O) groups is 2. The summed E-state index contributed by atoms with van der Waals surface area (Å²) in [6.45, 7) is 9.26. The van der Waals surface area contributed by atoms with Crippen molar-refractivity contribution in [2.45, 2.75) is 40.2 Å². The number of aryl methyl sites for hydroxylation is 1. The fourth-order valence-corrected chi connectivity index (χ4v) is 4.78. The second-order valence-corrected chi connectivity index (χ2v) is 9.92. The third-order valence-electron chi connectivity index (χ3n) is 5.50. The van der Waals surface area contributed by atoms with Gasteiger partial charge in [0.1, 0.15) is 0 Å². The first-order valence-electron chi connectivity index (χ1n) is 10.4. The predicted molar refractivity (Wildman–Crippen MR) is 121 cm³/mol. The molecule has 1 aromatic carbocycles. The van der Waals surface area contributed by atoms with Crippen molar-refractivity contribution < 1.29 is 14.3 Å². The van der Waals surface area contributed by atoms with Gasteiger partial charge in [0, 0.05) is 30.5 Å². The van der Waals surface area contributed by atoms with Crippen LogP contribution in [0.15, 0.2) is 35.7 Å². The largest absolute Gasteiger partial charge is 0.383 e. The van der Waals surface area contributed by atoms with E-state index in [1.54, 1.807) is 23.3 Å². The first-order valence-corrected chi connectivity index (χ1v) is 11.3. The van der Waals surface area contributed by atoms with E-state index in [-0.39, 0.29) is 24.4 Å². The molecule has 6 heteroatoms. The summed E-state index contributed by atoms with van der Waals surface area (Å²) in [6.07, 6.45) is 0.854. The topological polar surface area (TPSA) is 49.9 Å². The highest BCUT2D eigenvalue weighted by molar-refractivity contribution is 7.10. The third-order valence-corrected chi connectivity index (χ3v) is 6.50. The van der Waals surface area contributed by atoms with Gasteiger partial charge in [-0.3, -0.25) is 9.59 Å². The summed E-state index contributed by atoms with van der Waals surface area (Å²) >= 11 is 1.75. The van der Waals surface area contributed by atoms with Crippen molar-refractivity contribution in [3.05, 3.63) is 57.3 Å². The Labute approximate surface area is 183 Å². The van der Waals surface area contributed by atoms with E-state index in [0.29, 0.717) is 19.7 Å². The number of thiophene rings is 1. The van der Waals surface area contributed by atoms with Gasteiger partial charge in [-0.2, -0.15) is 0 Å². The smallest absolute Gasteiger partial charge is 0.242 e. The molecular weight excluding hydrogens is 396 g/mol. The normalized spacial score (nSPS) is 16.3. The van der Waals surface area contributed by atoms with Crippen molar-refractivity contribution in [3.63, 3.8) is 0 Å². The molecule has 1 aliphatic rings. The molecule has 0 bridgehead atoms. The molecule has 162 valence electrons. The van der Waals surface area contributed by atoms with Crippen LogP contribution in [0.5, 0.6) is 0 Å². The summed E-state index contributed by atoms with van der Waals surface area (Å²) in [5, 5.41) is 2.11. The third kappa shape index (κ3) is 4.93. The van der Waals surface area contributed by atoms with E-state index in [1.807, 2.05) is 25.7 Å². The van der Waals surface area contributed by atoms with Crippen molar-refractivity contribution in [1.29, 1.82) is 0 Å². The van der Waals surface area contributed by atoms with Crippen molar-refractivity contribution in [2.75, 3.05) is 33.4 Å². The number of ether oxygens (including phenoxy) is 1. The lowest BCUT2D eigenvalue weighted by Crippen LogP contribution is -2.49. The summed E-state index contributed by atoms with van der Waals surface area (Å²) in [4.78, 5) is 31.3. The Morgan fingerprint density at radius 3 is 2.53 bits per heavy atom. The van der Waals surface area contributed by atoms with Crippen LogP contribution in [0, 0.1) is 12.3 Å². The van der Waals surface area contributed by atoms with Crippen LogP contribution in [-0.4, -0.2) is 55.0 Å². The summed E-state index contributed by atoms with van der Waals surface area (Å²) in [5.41, 5.74) is 2.96. The van der Waals surface area contributed by atoms with Gasteiger partial charge < -0.3 is 14.5 Å². The summed E-state index contributed by atoms with van der Waals surface area (Å²) in [7, 11) is 1.61. The Balaban J connectivity index is 1.88. The molecular formula is C24H32N2O3S. The zero-order chi connectivity index (χ0) is 21.9. The van der Waals surface area contributed by atoms with Crippen molar-refractivity contribution in [2.24, 2.45) is 5.41 Å². The zero-order valence-corrected chi connectivity index (χ0v) is 19.4. The van der Waals surface area contributed by atoms with Crippen LogP contribution < -0.4 is 0 Å². The van der Waals surface area contributed by atoms with Crippen LogP contribution in [0.4, 0.5) is 0 Å². The number of benzene rings is 1. The van der Waals surface area contributed by atoms with Gasteiger partial charge in [-0.15, -0.1) is 11.3 Å². The van der Waals surface area contributed by atoms with Gasteiger partial charge in [0.05, 0.1) is 19.2 Å². The van der Waals surface area contributed by atoms with Crippen LogP contribution >= 0.6 is 11.3 Å². The number of methoxy groups -OCH3 is 1. The highest BCUT2D eigenvalue weighted by atomic mass is 32.1. The molecule has 0 fully saturated rings. The number of rotatable bonds is 6. The molecule has 30 heavy (non-hydrogen) atoms. The standard InChI is InChI=1S/C24H32N2O3S/c1-17-6-8-18(9-7-17)22-19-11-15-30-20(19)10-12-26(22)21(27)16-25(13-14-29-5)23(28)24(2,3)4/h6-9,11,15,22H,10,12-14,16H2,1-5H3/t22-/m0/s1. The number of hydrogen-bond acceptors (Lipinski definition) is 4. The maximum Gasteiger partial charge on any atom is 0.242 e. The highest BCUT2D eigenvalue weighted by Crippen LogP contribution is 2.38. The summed E-state index contributed by atoms with van der Waals surface area (Å²) < 4.78 is 5.18. The quantitative estimate of drug-likeness (QED) is 0.697. The predicted octanol–water partition coefficient (Wildman–Crippen LogP) is 4.05. The molecule has 0 saturated carbocycles. The Hall–Kier alpha value is -2.18. The Morgan fingerprint density at radius 2 is 1.90 bits per heavy atom. The van der Waals surface area contributed by atoms with E-state index in [9.17, 15) is 9.59 Å². The van der Waals surface area contributed by atoms with Gasteiger partial charge >= 0.3 is 0 Å². The number of carbonyl (C=O) groups excluding carboxylic acids is 2. The second-order valence-electron chi connectivity index (χ2n) is 8.92. The van der Waals surface area contributed by atoms with E-state index in [2.05, 4.69) is 42.6 Å². The molecule has 1 atom stereocenters. The fourth-order valence-electron chi connectivity index (χ4n) is 3.88. The molecule has 0 N–H and O–H groups in total. The first-order chi connectivity index (χ1) is 14.2. The van der Waals surface area contributed by atoms with E-state index >= 15 is 0 Å². The van der Waals surface area contributed by atoms with Crippen molar-refractivity contribution >= 4 is 23.2 Å². The monoisotopic (exact) mass is 428 g/mol. The number of fused-ring (bicyclic) bond motifs is 1. The van der Waals surface area contributed by atoms with E-state index in [4.69, 9.17) is 4.74 Å². The van der Waals surface area contributed by atoms with Gasteiger partial charge in [0.2, 0.25) is 11.8 Å². The van der Waals surface area contributed by atoms with Gasteiger partial charge in [-0.1, -0.05) is 50.6 Å². The minimum atomic E-state index is -0.549. The van der Waals surface area contributed by atoms with Gasteiger partial charge in [-0.05, 0) is 35.9 Å². The maximum atomic E-state index is 13.5. The van der Waals surface area contributed by atoms with E-state index < -0.39 is 5.41 Å². The highest BCUT2D eigenvalue weighted by Gasteiger charge is 2.35. The number of nitrogens with zero attached hydrogens (tertiary/aromatic N) is 2. The molecule has 1 aromatic heterocycles. The molecule has 0 saturated heterocycles. The van der Waals surface area contributed by atoms with Crippen molar-refractivity contribution in [3.8, 4) is 0 Å². The lowest BCUT2D eigenvalue weighted by molar-refractivity contribution is -0.147. The maximum absolute atomic E-state index is 13.5. The fraction of sp³-hybridized carbons (Fsp3) is 0.500. The minimum Gasteiger partial charge on any atom is -0.383 e. The molecule has 0 radical (unpaired) electrons. The molecule has 2 amide bonds. The zero-order valence-electron chi connectivity index (χ0n) is 18.6. The van der Waals surface area contributed by atoms with Crippen LogP contribution in [0.3, 0.4) is 0 Å². The molecule has 2 heterocycles. The lowest BCUT2D eigenvalue weighted by Gasteiger charge is -2.38. The van der Waals surface area contributed by atoms with Gasteiger partial charge in [0.25, 0.3) is 0 Å². The van der Waals surface area contributed by atoms with Crippen LogP contribution in [0.2, 0.25) is 0 Å². The number of amides is 2. The second kappa shape index (κ2) is 9.31. The Kier molecular flexibility index (Phi) is 6.98. The Morgan fingerprint density at radius 1 is 1.20 bits per heavy atom. The lowest BCUT2D eigenvalue weighted by atomic mass is 9.92. The first kappa shape index (κ1) is 22.5.